The smallest absolute Gasteiger partial charge is 0.411 e. The highest BCUT2D eigenvalue weighted by Crippen LogP contribution is 2.38. The first kappa shape index (κ1) is 34.3. The van der Waals surface area contributed by atoms with Gasteiger partial charge in [0, 0.05) is 24.0 Å². The number of pyridine rings is 1. The van der Waals surface area contributed by atoms with Crippen molar-refractivity contribution in [1.29, 1.82) is 0 Å². The van der Waals surface area contributed by atoms with Gasteiger partial charge in [-0.15, -0.1) is 0 Å². The van der Waals surface area contributed by atoms with Crippen molar-refractivity contribution >= 4 is 17.5 Å². The van der Waals surface area contributed by atoms with Gasteiger partial charge in [0.15, 0.2) is 0 Å². The van der Waals surface area contributed by atoms with E-state index < -0.39 is 29.1 Å². The van der Waals surface area contributed by atoms with Gasteiger partial charge in [-0.05, 0) is 105 Å². The zero-order chi connectivity index (χ0) is 34.3. The Balaban J connectivity index is 1.31. The molecule has 11 heteroatoms. The molecule has 2 heterocycles. The summed E-state index contributed by atoms with van der Waals surface area (Å²) in [6.45, 7) is 14.5. The molecule has 8 nitrogen and oxygen atoms in total. The standard InChI is InChI=1S/C37H37F3N4O4/c1-25-11-12-28(26(2)21-25)24-44-33(23-32(37(38,39)40)34(41-3)35(44)45)27-13-15-30(16-14-27)48-31-10-7-9-29(22-31)42-36(46)47-20-8-19-43-17-5-4-6-18-43/h7,9-16,21-23H,4-6,8,17-20,24H2,1-2H3,(H,42,46). The number of carbonyl (C=O) groups excluding carboxylic acids is 1. The third-order valence-corrected chi connectivity index (χ3v) is 8.29. The first-order valence-corrected chi connectivity index (χ1v) is 15.8. The Kier molecular flexibility index (Phi) is 10.9. The molecule has 0 bridgehead atoms. The molecule has 1 aliphatic heterocycles. The fourth-order valence-electron chi connectivity index (χ4n) is 5.81. The van der Waals surface area contributed by atoms with Gasteiger partial charge in [-0.3, -0.25) is 10.1 Å². The minimum atomic E-state index is -4.89. The lowest BCUT2D eigenvalue weighted by Gasteiger charge is -2.26. The normalized spacial score (nSPS) is 13.5. The molecule has 1 fully saturated rings. The molecule has 1 N–H and O–H groups in total. The number of piperidine rings is 1. The molecule has 5 rings (SSSR count). The number of aryl methyl sites for hydroxylation is 2. The van der Waals surface area contributed by atoms with Gasteiger partial charge in [-0.2, -0.15) is 13.2 Å². The maximum absolute atomic E-state index is 14.0. The van der Waals surface area contributed by atoms with Crippen LogP contribution in [-0.2, 0) is 17.5 Å². The van der Waals surface area contributed by atoms with E-state index in [4.69, 9.17) is 16.0 Å². The summed E-state index contributed by atoms with van der Waals surface area (Å²) in [5.41, 5.74) is 0.198. The summed E-state index contributed by atoms with van der Waals surface area (Å²) < 4.78 is 54.5. The van der Waals surface area contributed by atoms with Crippen LogP contribution in [0.4, 0.5) is 29.3 Å². The molecule has 48 heavy (non-hydrogen) atoms. The summed E-state index contributed by atoms with van der Waals surface area (Å²) in [6.07, 6.45) is -1.01. The van der Waals surface area contributed by atoms with Crippen LogP contribution >= 0.6 is 0 Å². The molecule has 1 amide bonds. The van der Waals surface area contributed by atoms with Gasteiger partial charge in [0.25, 0.3) is 11.2 Å². The van der Waals surface area contributed by atoms with Crippen LogP contribution in [0, 0.1) is 20.4 Å². The summed E-state index contributed by atoms with van der Waals surface area (Å²) in [4.78, 5) is 31.1. The minimum absolute atomic E-state index is 0.0140. The monoisotopic (exact) mass is 658 g/mol. The second kappa shape index (κ2) is 15.2. The van der Waals surface area contributed by atoms with Crippen molar-refractivity contribution in [2.45, 2.75) is 52.3 Å². The summed E-state index contributed by atoms with van der Waals surface area (Å²) in [5.74, 6) is 0.798. The quantitative estimate of drug-likeness (QED) is 0.136. The van der Waals surface area contributed by atoms with Crippen LogP contribution in [0.15, 0.2) is 77.6 Å². The van der Waals surface area contributed by atoms with E-state index in [9.17, 15) is 22.8 Å². The number of carbonyl (C=O) groups is 1. The number of nitrogens with zero attached hydrogens (tertiary/aromatic N) is 3. The molecule has 3 aromatic carbocycles. The van der Waals surface area contributed by atoms with Crippen molar-refractivity contribution in [2.24, 2.45) is 0 Å². The van der Waals surface area contributed by atoms with Crippen molar-refractivity contribution < 1.29 is 27.4 Å². The van der Waals surface area contributed by atoms with Gasteiger partial charge in [0.1, 0.15) is 11.5 Å². The van der Waals surface area contributed by atoms with Gasteiger partial charge in [-0.25, -0.2) is 9.64 Å². The van der Waals surface area contributed by atoms with Crippen molar-refractivity contribution in [3.8, 4) is 22.8 Å². The Bertz CT molecular complexity index is 1860. The molecule has 0 aliphatic carbocycles. The molecular weight excluding hydrogens is 621 g/mol. The van der Waals surface area contributed by atoms with Crippen LogP contribution in [0.25, 0.3) is 16.1 Å². The number of anilines is 1. The molecule has 0 saturated carbocycles. The number of benzene rings is 3. The van der Waals surface area contributed by atoms with E-state index in [0.29, 0.717) is 29.4 Å². The number of rotatable bonds is 10. The van der Waals surface area contributed by atoms with Crippen molar-refractivity contribution in [3.63, 3.8) is 0 Å². The van der Waals surface area contributed by atoms with E-state index in [1.807, 2.05) is 32.0 Å². The van der Waals surface area contributed by atoms with Crippen LogP contribution in [0.3, 0.4) is 0 Å². The second-order valence-corrected chi connectivity index (χ2v) is 11.9. The zero-order valence-electron chi connectivity index (χ0n) is 26.9. The number of amides is 1. The summed E-state index contributed by atoms with van der Waals surface area (Å²) in [7, 11) is 0. The Morgan fingerprint density at radius 2 is 1.71 bits per heavy atom. The van der Waals surface area contributed by atoms with Crippen molar-refractivity contribution in [3.05, 3.63) is 117 Å². The van der Waals surface area contributed by atoms with E-state index in [0.717, 1.165) is 48.8 Å². The molecule has 1 saturated heterocycles. The van der Waals surface area contributed by atoms with E-state index in [2.05, 4.69) is 15.1 Å². The van der Waals surface area contributed by atoms with Gasteiger partial charge >= 0.3 is 12.3 Å². The predicted molar refractivity (Wildman–Crippen MR) is 179 cm³/mol. The first-order valence-electron chi connectivity index (χ1n) is 15.8. The van der Waals surface area contributed by atoms with E-state index in [1.165, 1.54) is 23.8 Å². The average Bonchev–Trinajstić information content (AvgIpc) is 3.05. The third-order valence-electron chi connectivity index (χ3n) is 8.29. The maximum atomic E-state index is 14.0. The van der Waals surface area contributed by atoms with Crippen LogP contribution < -0.4 is 15.6 Å². The van der Waals surface area contributed by atoms with Crippen LogP contribution in [0.2, 0.25) is 0 Å². The molecule has 0 spiro atoms. The first-order chi connectivity index (χ1) is 23.0. The molecule has 0 unspecified atom stereocenters. The van der Waals surface area contributed by atoms with Crippen LogP contribution in [0.5, 0.6) is 11.5 Å². The van der Waals surface area contributed by atoms with E-state index in [-0.39, 0.29) is 12.2 Å². The van der Waals surface area contributed by atoms with E-state index in [1.54, 1.807) is 48.5 Å². The Hall–Kier alpha value is -5.08. The number of hydrogen-bond donors (Lipinski definition) is 1. The predicted octanol–water partition coefficient (Wildman–Crippen LogP) is 8.97. The average molecular weight is 659 g/mol. The zero-order valence-corrected chi connectivity index (χ0v) is 26.9. The lowest BCUT2D eigenvalue weighted by atomic mass is 10.0. The molecule has 1 aliphatic rings. The van der Waals surface area contributed by atoms with Crippen molar-refractivity contribution in [1.82, 2.24) is 9.47 Å². The van der Waals surface area contributed by atoms with Gasteiger partial charge in [0.2, 0.25) is 0 Å². The summed E-state index contributed by atoms with van der Waals surface area (Å²) >= 11 is 0. The maximum Gasteiger partial charge on any atom is 0.411 e. The Morgan fingerprint density at radius 1 is 0.958 bits per heavy atom. The highest BCUT2D eigenvalue weighted by Gasteiger charge is 2.36. The van der Waals surface area contributed by atoms with Gasteiger partial charge in [0.05, 0.1) is 25.3 Å². The van der Waals surface area contributed by atoms with Gasteiger partial charge < -0.3 is 18.9 Å². The highest BCUT2D eigenvalue weighted by atomic mass is 19.4. The lowest BCUT2D eigenvalue weighted by Crippen LogP contribution is -2.31. The van der Waals surface area contributed by atoms with Crippen LogP contribution in [-0.4, -0.2) is 41.8 Å². The van der Waals surface area contributed by atoms with E-state index >= 15 is 0 Å². The highest BCUT2D eigenvalue weighted by molar-refractivity contribution is 5.84. The molecule has 250 valence electrons. The summed E-state index contributed by atoms with van der Waals surface area (Å²) in [5, 5.41) is 2.70. The SMILES string of the molecule is [C-]#[N+]c1c(C(F)(F)F)cc(-c2ccc(Oc3cccc(NC(=O)OCCCN4CCCCC4)c3)cc2)n(Cc2ccc(C)cc2C)c1=O. The number of halogens is 3. The molecule has 1 aromatic heterocycles. The number of likely N-dealkylation sites (tertiary alicyclic amines) is 1. The fraction of sp³-hybridized carbons (Fsp3) is 0.324. The number of aromatic nitrogens is 1. The summed E-state index contributed by atoms with van der Waals surface area (Å²) in [6, 6.07) is 19.5. The third kappa shape index (κ3) is 8.63. The largest absolute Gasteiger partial charge is 0.457 e. The number of hydrogen-bond acceptors (Lipinski definition) is 5. The molecule has 0 atom stereocenters. The van der Waals surface area contributed by atoms with Gasteiger partial charge in [-0.1, -0.05) is 36.2 Å². The molecule has 0 radical (unpaired) electrons. The fourth-order valence-corrected chi connectivity index (χ4v) is 5.81. The van der Waals surface area contributed by atoms with Crippen LogP contribution in [0.1, 0.15) is 47.9 Å². The Morgan fingerprint density at radius 3 is 2.40 bits per heavy atom. The second-order valence-electron chi connectivity index (χ2n) is 11.9. The molecule has 4 aromatic rings. The number of ether oxygens (including phenoxy) is 2. The lowest BCUT2D eigenvalue weighted by molar-refractivity contribution is -0.136. The molecular formula is C37H37F3N4O4. The number of alkyl halides is 3. The topological polar surface area (TPSA) is 77.2 Å². The van der Waals surface area contributed by atoms with Crippen molar-refractivity contribution in [2.75, 3.05) is 31.6 Å². The number of nitrogens with one attached hydrogen (secondary N) is 1. The Labute approximate surface area is 277 Å². The minimum Gasteiger partial charge on any atom is -0.457 e.